The molecule has 10 heteroatoms. The number of unbranched alkanes of at least 4 members (excludes halogenated alkanes) is 2. The average molecular weight is 692 g/mol. The molecule has 0 aromatic carbocycles. The first-order chi connectivity index (χ1) is 22.5. The van der Waals surface area contributed by atoms with E-state index in [2.05, 4.69) is 73.8 Å². The third-order valence-corrected chi connectivity index (χ3v) is 10.7. The van der Waals surface area contributed by atoms with Crippen LogP contribution in [0.1, 0.15) is 118 Å². The molecule has 1 aliphatic heterocycles. The Kier molecular flexibility index (Phi) is 22.8. The lowest BCUT2D eigenvalue weighted by atomic mass is 9.99. The molecule has 1 rings (SSSR count). The molecule has 0 bridgehead atoms. The van der Waals surface area contributed by atoms with Gasteiger partial charge in [0.25, 0.3) is 5.91 Å². The zero-order valence-corrected chi connectivity index (χ0v) is 30.5. The van der Waals surface area contributed by atoms with Crippen molar-refractivity contribution >= 4 is 45.4 Å². The van der Waals surface area contributed by atoms with Crippen molar-refractivity contribution in [2.24, 2.45) is 0 Å². The first kappa shape index (κ1) is 42.3. The van der Waals surface area contributed by atoms with Gasteiger partial charge in [0.2, 0.25) is 6.10 Å². The molecule has 264 valence electrons. The summed E-state index contributed by atoms with van der Waals surface area (Å²) in [6.45, 7) is 7.30. The Labute approximate surface area is 290 Å². The van der Waals surface area contributed by atoms with E-state index in [1.807, 2.05) is 27.7 Å². The highest BCUT2D eigenvalue weighted by atomic mass is 33.1. The van der Waals surface area contributed by atoms with E-state index < -0.39 is 35.5 Å². The number of allylic oxidation sites excluding steroid dienone is 10. The van der Waals surface area contributed by atoms with E-state index in [4.69, 9.17) is 14.6 Å². The Balaban J connectivity index is 2.45. The molecule has 1 fully saturated rings. The Morgan fingerprint density at radius 2 is 1.40 bits per heavy atom. The van der Waals surface area contributed by atoms with Crippen LogP contribution in [-0.2, 0) is 28.7 Å². The Morgan fingerprint density at radius 3 is 1.96 bits per heavy atom. The number of carboxylic acid groups (broad SMARTS) is 1. The molecule has 0 saturated carbocycles. The van der Waals surface area contributed by atoms with Gasteiger partial charge in [0, 0.05) is 29.9 Å². The number of ether oxygens (including phenoxy) is 2. The number of carboxylic acids is 1. The highest BCUT2D eigenvalue weighted by molar-refractivity contribution is 8.77. The number of amides is 1. The lowest BCUT2D eigenvalue weighted by Crippen LogP contribution is -2.53. The molecule has 47 heavy (non-hydrogen) atoms. The molecule has 0 aromatic heterocycles. The number of nitrogens with one attached hydrogen (secondary N) is 1. The molecule has 2 atom stereocenters. The minimum absolute atomic E-state index is 0.131. The van der Waals surface area contributed by atoms with Crippen LogP contribution < -0.4 is 5.32 Å². The van der Waals surface area contributed by atoms with Crippen molar-refractivity contribution < 1.29 is 33.8 Å². The Hall–Kier alpha value is -2.72. The van der Waals surface area contributed by atoms with Gasteiger partial charge in [0.1, 0.15) is 0 Å². The monoisotopic (exact) mass is 691 g/mol. The third-order valence-electron chi connectivity index (χ3n) is 7.35. The Morgan fingerprint density at radius 1 is 0.830 bits per heavy atom. The molecule has 1 amide bonds. The van der Waals surface area contributed by atoms with E-state index in [-0.39, 0.29) is 30.6 Å². The number of carbonyl (C=O) groups excluding carboxylic acids is 3. The summed E-state index contributed by atoms with van der Waals surface area (Å²) >= 11 is 0. The fraction of sp³-hybridized carbons (Fsp3) is 0.622. The number of rotatable bonds is 25. The zero-order chi connectivity index (χ0) is 34.8. The van der Waals surface area contributed by atoms with Crippen molar-refractivity contribution in [3.05, 3.63) is 60.8 Å². The van der Waals surface area contributed by atoms with Crippen LogP contribution in [0.4, 0.5) is 0 Å². The fourth-order valence-electron chi connectivity index (χ4n) is 4.64. The summed E-state index contributed by atoms with van der Waals surface area (Å²) in [5.74, 6) is -1.67. The van der Waals surface area contributed by atoms with E-state index in [1.54, 1.807) is 0 Å². The molecule has 1 unspecified atom stereocenters. The van der Waals surface area contributed by atoms with Crippen molar-refractivity contribution in [3.63, 3.8) is 0 Å². The molecule has 0 aliphatic carbocycles. The van der Waals surface area contributed by atoms with E-state index in [1.165, 1.54) is 13.8 Å². The summed E-state index contributed by atoms with van der Waals surface area (Å²) < 4.78 is 11.4. The summed E-state index contributed by atoms with van der Waals surface area (Å²) in [6.07, 6.45) is 29.6. The van der Waals surface area contributed by atoms with Gasteiger partial charge in [-0.15, -0.1) is 0 Å². The van der Waals surface area contributed by atoms with Gasteiger partial charge in [-0.2, -0.15) is 0 Å². The topological polar surface area (TPSA) is 119 Å². The van der Waals surface area contributed by atoms with Gasteiger partial charge in [-0.05, 0) is 85.0 Å². The smallest absolute Gasteiger partial charge is 0.306 e. The third kappa shape index (κ3) is 21.7. The second-order valence-corrected chi connectivity index (χ2v) is 15.3. The molecule has 1 saturated heterocycles. The molecule has 0 aromatic rings. The van der Waals surface area contributed by atoms with Gasteiger partial charge in [-0.1, -0.05) is 95.7 Å². The maximum atomic E-state index is 13.0. The van der Waals surface area contributed by atoms with Crippen LogP contribution >= 0.6 is 21.6 Å². The second kappa shape index (κ2) is 25.3. The van der Waals surface area contributed by atoms with Crippen molar-refractivity contribution in [1.82, 2.24) is 5.32 Å². The molecule has 8 nitrogen and oxygen atoms in total. The largest absolute Gasteiger partial charge is 0.481 e. The first-order valence-electron chi connectivity index (χ1n) is 17.0. The summed E-state index contributed by atoms with van der Waals surface area (Å²) in [6, 6.07) is 0. The fourth-order valence-corrected chi connectivity index (χ4v) is 7.93. The van der Waals surface area contributed by atoms with Crippen molar-refractivity contribution in [1.29, 1.82) is 0 Å². The molecule has 1 heterocycles. The minimum atomic E-state index is -1.44. The number of esters is 2. The Bertz CT molecular complexity index is 1090. The van der Waals surface area contributed by atoms with Gasteiger partial charge in [0.05, 0.1) is 6.42 Å². The van der Waals surface area contributed by atoms with Gasteiger partial charge < -0.3 is 19.9 Å². The SMILES string of the molecule is CC/C=C\C/C=C\C/C=C\C/C=C\C/C=C\CCCC(=O)OC(C)(C)C(OC(=O)CCCC[C@]1(C)CCSS1)C(=O)NCCC(=O)O. The molecule has 2 N–H and O–H groups in total. The van der Waals surface area contributed by atoms with E-state index in [0.717, 1.165) is 57.1 Å². The zero-order valence-electron chi connectivity index (χ0n) is 28.9. The van der Waals surface area contributed by atoms with Gasteiger partial charge in [0.15, 0.2) is 5.60 Å². The number of hydrogen-bond donors (Lipinski definition) is 2. The van der Waals surface area contributed by atoms with Crippen LogP contribution in [-0.4, -0.2) is 57.7 Å². The van der Waals surface area contributed by atoms with Crippen LogP contribution in [0.25, 0.3) is 0 Å². The van der Waals surface area contributed by atoms with Crippen LogP contribution in [0.3, 0.4) is 0 Å². The maximum Gasteiger partial charge on any atom is 0.306 e. The number of hydrogen-bond acceptors (Lipinski definition) is 8. The van der Waals surface area contributed by atoms with E-state index >= 15 is 0 Å². The minimum Gasteiger partial charge on any atom is -0.481 e. The summed E-state index contributed by atoms with van der Waals surface area (Å²) in [5, 5.41) is 11.4. The highest BCUT2D eigenvalue weighted by Crippen LogP contribution is 2.49. The summed E-state index contributed by atoms with van der Waals surface area (Å²) in [4.78, 5) is 49.3. The lowest BCUT2D eigenvalue weighted by molar-refractivity contribution is -0.184. The molecule has 0 radical (unpaired) electrons. The number of carbonyl (C=O) groups is 4. The van der Waals surface area contributed by atoms with Gasteiger partial charge >= 0.3 is 17.9 Å². The maximum absolute atomic E-state index is 13.0. The van der Waals surface area contributed by atoms with Gasteiger partial charge in [-0.3, -0.25) is 19.2 Å². The molecular formula is C37H57NO7S2. The predicted molar refractivity (Wildman–Crippen MR) is 195 cm³/mol. The average Bonchev–Trinajstić information content (AvgIpc) is 3.45. The first-order valence-corrected chi connectivity index (χ1v) is 19.3. The second-order valence-electron chi connectivity index (χ2n) is 12.3. The van der Waals surface area contributed by atoms with Crippen molar-refractivity contribution in [2.75, 3.05) is 12.3 Å². The standard InChI is InChI=1S/C37H57NO7S2/c1-5-6-7-8-9-10-11-12-13-14-15-16-17-18-19-20-21-25-33(42)45-36(2,3)34(35(43)38-29-26-31(39)40)44-32(41)24-22-23-27-37(4)28-30-46-47-37/h6-7,9-10,12-13,15-16,18-19,34H,5,8,11,14,17,20-30H2,1-4H3,(H,38,43)(H,39,40)/b7-6-,10-9-,13-12-,16-15-,19-18-/t34?,37-/m1/s1. The van der Waals surface area contributed by atoms with Crippen molar-refractivity contribution in [2.45, 2.75) is 134 Å². The normalized spacial score (nSPS) is 17.8. The van der Waals surface area contributed by atoms with Gasteiger partial charge in [-0.25, -0.2) is 0 Å². The molecule has 0 spiro atoms. The lowest BCUT2D eigenvalue weighted by Gasteiger charge is -2.32. The molecular weight excluding hydrogens is 635 g/mol. The molecule has 1 aliphatic rings. The van der Waals surface area contributed by atoms with Crippen LogP contribution in [0, 0.1) is 0 Å². The van der Waals surface area contributed by atoms with E-state index in [9.17, 15) is 19.2 Å². The number of aliphatic carboxylic acids is 1. The predicted octanol–water partition coefficient (Wildman–Crippen LogP) is 8.84. The van der Waals surface area contributed by atoms with Crippen LogP contribution in [0.15, 0.2) is 60.8 Å². The highest BCUT2D eigenvalue weighted by Gasteiger charge is 2.42. The van der Waals surface area contributed by atoms with Crippen LogP contribution in [0.5, 0.6) is 0 Å². The summed E-state index contributed by atoms with van der Waals surface area (Å²) in [5.41, 5.74) is -1.44. The van der Waals surface area contributed by atoms with Crippen molar-refractivity contribution in [3.8, 4) is 0 Å². The van der Waals surface area contributed by atoms with E-state index in [0.29, 0.717) is 19.3 Å². The van der Waals surface area contributed by atoms with Crippen LogP contribution in [0.2, 0.25) is 0 Å². The summed E-state index contributed by atoms with van der Waals surface area (Å²) in [7, 11) is 3.78. The quantitative estimate of drug-likeness (QED) is 0.0419.